The van der Waals surface area contributed by atoms with Gasteiger partial charge in [0, 0.05) is 24.5 Å². The molecule has 2 aliphatic rings. The van der Waals surface area contributed by atoms with Gasteiger partial charge in [-0.1, -0.05) is 17.7 Å². The van der Waals surface area contributed by atoms with Crippen LogP contribution in [0.2, 0.25) is 5.02 Å². The number of rotatable bonds is 5. The average Bonchev–Trinajstić information content (AvgIpc) is 3.20. The summed E-state index contributed by atoms with van der Waals surface area (Å²) in [5.74, 6) is -0.510. The van der Waals surface area contributed by atoms with E-state index in [2.05, 4.69) is 0 Å². The van der Waals surface area contributed by atoms with E-state index >= 15 is 0 Å². The SMILES string of the molecule is O=C(OCCC1(S(=O)(=O)c2ccc(Cl)cc2)CCCc2ccc(F)cc21)N1CC[C@@H](O)C1. The van der Waals surface area contributed by atoms with Crippen molar-refractivity contribution < 1.29 is 27.4 Å². The zero-order valence-electron chi connectivity index (χ0n) is 17.5. The summed E-state index contributed by atoms with van der Waals surface area (Å²) in [6.45, 7) is 0.442. The van der Waals surface area contributed by atoms with Crippen LogP contribution >= 0.6 is 11.6 Å². The maximum Gasteiger partial charge on any atom is 0.409 e. The van der Waals surface area contributed by atoms with Gasteiger partial charge in [-0.25, -0.2) is 17.6 Å². The normalized spacial score (nSPS) is 23.1. The van der Waals surface area contributed by atoms with Crippen LogP contribution in [0, 0.1) is 5.82 Å². The number of carbonyl (C=O) groups is 1. The number of aliphatic hydroxyl groups excluding tert-OH is 1. The van der Waals surface area contributed by atoms with Crippen molar-refractivity contribution in [2.24, 2.45) is 0 Å². The number of ether oxygens (including phenoxy) is 1. The second-order valence-corrected chi connectivity index (χ2v) is 11.1. The number of benzene rings is 2. The standard InChI is InChI=1S/C23H25ClFNO5S/c24-17-4-7-20(8-5-17)32(29,30)23(10-1-2-16-3-6-18(25)14-21(16)23)11-13-31-22(28)26-12-9-19(27)15-26/h3-8,14,19,27H,1-2,9-13,15H2/t19-,23?/m1/s1. The second-order valence-electron chi connectivity index (χ2n) is 8.36. The van der Waals surface area contributed by atoms with Gasteiger partial charge in [0.1, 0.15) is 10.6 Å². The van der Waals surface area contributed by atoms with Crippen molar-refractivity contribution >= 4 is 27.5 Å². The van der Waals surface area contributed by atoms with Gasteiger partial charge in [-0.2, -0.15) is 0 Å². The summed E-state index contributed by atoms with van der Waals surface area (Å²) in [7, 11) is -3.97. The number of hydrogen-bond donors (Lipinski definition) is 1. The highest BCUT2D eigenvalue weighted by molar-refractivity contribution is 7.92. The van der Waals surface area contributed by atoms with Crippen LogP contribution in [0.1, 0.15) is 36.8 Å². The number of fused-ring (bicyclic) bond motifs is 1. The summed E-state index contributed by atoms with van der Waals surface area (Å²) in [6.07, 6.45) is 0.862. The van der Waals surface area contributed by atoms with Crippen molar-refractivity contribution in [2.75, 3.05) is 19.7 Å². The smallest absolute Gasteiger partial charge is 0.409 e. The molecule has 1 saturated heterocycles. The van der Waals surface area contributed by atoms with Crippen molar-refractivity contribution in [3.63, 3.8) is 0 Å². The first-order chi connectivity index (χ1) is 15.2. The number of aryl methyl sites for hydroxylation is 1. The minimum atomic E-state index is -3.97. The summed E-state index contributed by atoms with van der Waals surface area (Å²) < 4.78 is 46.0. The lowest BCUT2D eigenvalue weighted by atomic mass is 9.80. The molecule has 0 radical (unpaired) electrons. The number of amides is 1. The largest absolute Gasteiger partial charge is 0.449 e. The Labute approximate surface area is 191 Å². The fourth-order valence-corrected chi connectivity index (χ4v) is 7.02. The zero-order chi connectivity index (χ0) is 22.9. The van der Waals surface area contributed by atoms with Gasteiger partial charge in [0.25, 0.3) is 0 Å². The van der Waals surface area contributed by atoms with Crippen molar-refractivity contribution in [2.45, 2.75) is 47.9 Å². The van der Waals surface area contributed by atoms with E-state index in [1.807, 2.05) is 0 Å². The number of aliphatic hydroxyl groups is 1. The first kappa shape index (κ1) is 23.0. The highest BCUT2D eigenvalue weighted by Crippen LogP contribution is 2.47. The molecule has 32 heavy (non-hydrogen) atoms. The number of hydrogen-bond acceptors (Lipinski definition) is 5. The van der Waals surface area contributed by atoms with Gasteiger partial charge in [-0.3, -0.25) is 0 Å². The van der Waals surface area contributed by atoms with E-state index in [9.17, 15) is 22.7 Å². The zero-order valence-corrected chi connectivity index (χ0v) is 19.0. The minimum absolute atomic E-state index is 0.00343. The lowest BCUT2D eigenvalue weighted by molar-refractivity contribution is 0.0978. The molecule has 9 heteroatoms. The van der Waals surface area contributed by atoms with Crippen LogP contribution in [0.15, 0.2) is 47.4 Å². The van der Waals surface area contributed by atoms with Gasteiger partial charge in [0.15, 0.2) is 9.84 Å². The molecular formula is C23H25ClFNO5S. The minimum Gasteiger partial charge on any atom is -0.449 e. The molecule has 6 nitrogen and oxygen atoms in total. The van der Waals surface area contributed by atoms with E-state index in [1.165, 1.54) is 41.3 Å². The maximum atomic E-state index is 14.2. The summed E-state index contributed by atoms with van der Waals surface area (Å²) >= 11 is 5.95. The third-order valence-electron chi connectivity index (χ3n) is 6.38. The number of nitrogens with zero attached hydrogens (tertiary/aromatic N) is 1. The van der Waals surface area contributed by atoms with E-state index in [0.717, 1.165) is 5.56 Å². The Balaban J connectivity index is 1.68. The Morgan fingerprint density at radius 3 is 2.69 bits per heavy atom. The van der Waals surface area contributed by atoms with Crippen molar-refractivity contribution in [1.82, 2.24) is 4.90 Å². The molecule has 1 aliphatic heterocycles. The molecular weight excluding hydrogens is 457 g/mol. The van der Waals surface area contributed by atoms with Gasteiger partial charge in [-0.05, 0) is 73.2 Å². The summed E-state index contributed by atoms with van der Waals surface area (Å²) in [6, 6.07) is 10.2. The quantitative estimate of drug-likeness (QED) is 0.695. The number of likely N-dealkylation sites (tertiary alicyclic amines) is 1. The molecule has 1 amide bonds. The van der Waals surface area contributed by atoms with Crippen LogP contribution in [0.5, 0.6) is 0 Å². The van der Waals surface area contributed by atoms with E-state index in [0.29, 0.717) is 36.4 Å². The van der Waals surface area contributed by atoms with Crippen LogP contribution < -0.4 is 0 Å². The monoisotopic (exact) mass is 481 g/mol. The molecule has 172 valence electrons. The molecule has 2 aromatic rings. The van der Waals surface area contributed by atoms with Crippen LogP contribution in [-0.2, 0) is 25.7 Å². The van der Waals surface area contributed by atoms with E-state index < -0.39 is 32.6 Å². The van der Waals surface area contributed by atoms with Crippen LogP contribution in [0.3, 0.4) is 0 Å². The Bertz CT molecular complexity index is 1110. The third-order valence-corrected chi connectivity index (χ3v) is 9.18. The maximum absolute atomic E-state index is 14.2. The van der Waals surface area contributed by atoms with Crippen molar-refractivity contribution in [3.05, 3.63) is 64.4 Å². The van der Waals surface area contributed by atoms with E-state index in [4.69, 9.17) is 16.3 Å². The van der Waals surface area contributed by atoms with Crippen molar-refractivity contribution in [1.29, 1.82) is 0 Å². The van der Waals surface area contributed by atoms with Crippen LogP contribution in [0.25, 0.3) is 0 Å². The highest BCUT2D eigenvalue weighted by atomic mass is 35.5. The number of β-amino-alcohol motifs (C(OH)–C–C–N with tert-alkyl or cyclic N) is 1. The molecule has 0 spiro atoms. The predicted octanol–water partition coefficient (Wildman–Crippen LogP) is 4.08. The van der Waals surface area contributed by atoms with Gasteiger partial charge >= 0.3 is 6.09 Å². The van der Waals surface area contributed by atoms with Gasteiger partial charge in [0.2, 0.25) is 0 Å². The number of carbonyl (C=O) groups excluding carboxylic acids is 1. The van der Waals surface area contributed by atoms with Crippen molar-refractivity contribution in [3.8, 4) is 0 Å². The molecule has 0 aromatic heterocycles. The van der Waals surface area contributed by atoms with Gasteiger partial charge in [0.05, 0.1) is 17.6 Å². The summed E-state index contributed by atoms with van der Waals surface area (Å²) in [5, 5.41) is 10.0. The Morgan fingerprint density at radius 2 is 2.00 bits per heavy atom. The average molecular weight is 482 g/mol. The molecule has 2 aromatic carbocycles. The fourth-order valence-electron chi connectivity index (χ4n) is 4.70. The topological polar surface area (TPSA) is 83.9 Å². The Morgan fingerprint density at radius 1 is 1.25 bits per heavy atom. The molecule has 0 bridgehead atoms. The molecule has 1 unspecified atom stereocenters. The van der Waals surface area contributed by atoms with Crippen LogP contribution in [-0.4, -0.2) is 50.3 Å². The molecule has 1 aliphatic carbocycles. The molecule has 1 fully saturated rings. The fraction of sp³-hybridized carbons (Fsp3) is 0.435. The summed E-state index contributed by atoms with van der Waals surface area (Å²) in [4.78, 5) is 13.9. The molecule has 2 atom stereocenters. The highest BCUT2D eigenvalue weighted by Gasteiger charge is 2.49. The number of sulfone groups is 1. The first-order valence-electron chi connectivity index (χ1n) is 10.6. The lowest BCUT2D eigenvalue weighted by Crippen LogP contribution is -2.41. The molecule has 4 rings (SSSR count). The van der Waals surface area contributed by atoms with Gasteiger partial charge in [-0.15, -0.1) is 0 Å². The number of halogens is 2. The Kier molecular flexibility index (Phi) is 6.47. The molecule has 0 saturated carbocycles. The first-order valence-corrected chi connectivity index (χ1v) is 12.5. The van der Waals surface area contributed by atoms with E-state index in [-0.39, 0.29) is 30.9 Å². The molecule has 1 N–H and O–H groups in total. The van der Waals surface area contributed by atoms with E-state index in [1.54, 1.807) is 6.07 Å². The third kappa shape index (κ3) is 4.23. The molecule has 1 heterocycles. The summed E-state index contributed by atoms with van der Waals surface area (Å²) in [5.41, 5.74) is 1.20. The Hall–Kier alpha value is -2.16. The predicted molar refractivity (Wildman–Crippen MR) is 118 cm³/mol. The second kappa shape index (κ2) is 9.00. The van der Waals surface area contributed by atoms with Gasteiger partial charge < -0.3 is 14.7 Å². The van der Waals surface area contributed by atoms with Crippen LogP contribution in [0.4, 0.5) is 9.18 Å². The lowest BCUT2D eigenvalue weighted by Gasteiger charge is -2.38.